The molecule has 1 unspecified atom stereocenters. The molecule has 24 heavy (non-hydrogen) atoms. The third-order valence-electron chi connectivity index (χ3n) is 3.29. The minimum atomic E-state index is -0.952. The summed E-state index contributed by atoms with van der Waals surface area (Å²) in [5, 5.41) is 20.5. The van der Waals surface area contributed by atoms with Gasteiger partial charge in [0.1, 0.15) is 10.8 Å². The van der Waals surface area contributed by atoms with Crippen molar-refractivity contribution in [1.29, 1.82) is 0 Å². The minimum Gasteiger partial charge on any atom is -0.497 e. The van der Waals surface area contributed by atoms with Crippen LogP contribution in [0.1, 0.15) is 6.92 Å². The summed E-state index contributed by atoms with van der Waals surface area (Å²) in [6, 6.07) is 6.91. The Bertz CT molecular complexity index is 717. The fourth-order valence-corrected chi connectivity index (χ4v) is 2.62. The van der Waals surface area contributed by atoms with Crippen molar-refractivity contribution in [3.8, 4) is 16.3 Å². The molecular formula is C15H18N4O4S. The van der Waals surface area contributed by atoms with Crippen LogP contribution in [-0.2, 0) is 4.79 Å². The second-order valence-electron chi connectivity index (χ2n) is 5.19. The number of carbonyl (C=O) groups is 2. The fraction of sp³-hybridized carbons (Fsp3) is 0.333. The first-order valence-corrected chi connectivity index (χ1v) is 7.95. The molecule has 9 heteroatoms. The first kappa shape index (κ1) is 17.7. The summed E-state index contributed by atoms with van der Waals surface area (Å²) >= 11 is 1.23. The third kappa shape index (κ3) is 4.42. The predicted molar refractivity (Wildman–Crippen MR) is 90.3 cm³/mol. The Morgan fingerprint density at radius 3 is 2.58 bits per heavy atom. The van der Waals surface area contributed by atoms with Crippen LogP contribution in [-0.4, -0.2) is 52.9 Å². The molecule has 0 aliphatic rings. The Balaban J connectivity index is 1.99. The molecule has 0 spiro atoms. The van der Waals surface area contributed by atoms with Gasteiger partial charge in [0.2, 0.25) is 5.13 Å². The van der Waals surface area contributed by atoms with E-state index in [-0.39, 0.29) is 6.54 Å². The number of anilines is 1. The second kappa shape index (κ2) is 7.73. The van der Waals surface area contributed by atoms with Gasteiger partial charge >= 0.3 is 12.0 Å². The molecular weight excluding hydrogens is 332 g/mol. The van der Waals surface area contributed by atoms with Gasteiger partial charge in [0.15, 0.2) is 0 Å². The fourth-order valence-electron chi connectivity index (χ4n) is 1.88. The van der Waals surface area contributed by atoms with E-state index in [1.807, 2.05) is 24.3 Å². The summed E-state index contributed by atoms with van der Waals surface area (Å²) in [7, 11) is 3.12. The summed E-state index contributed by atoms with van der Waals surface area (Å²) in [5.41, 5.74) is 0.863. The highest BCUT2D eigenvalue weighted by Gasteiger charge is 2.18. The van der Waals surface area contributed by atoms with Gasteiger partial charge in [0, 0.05) is 19.2 Å². The first-order chi connectivity index (χ1) is 11.4. The van der Waals surface area contributed by atoms with E-state index >= 15 is 0 Å². The molecule has 0 radical (unpaired) electrons. The lowest BCUT2D eigenvalue weighted by molar-refractivity contribution is -0.141. The average molecular weight is 350 g/mol. The van der Waals surface area contributed by atoms with Crippen molar-refractivity contribution < 1.29 is 19.4 Å². The number of nitrogens with one attached hydrogen (secondary N) is 1. The molecule has 1 atom stereocenters. The maximum absolute atomic E-state index is 12.0. The number of nitrogens with zero attached hydrogens (tertiary/aromatic N) is 3. The van der Waals surface area contributed by atoms with Crippen LogP contribution in [0.5, 0.6) is 5.75 Å². The Hall–Kier alpha value is -2.68. The summed E-state index contributed by atoms with van der Waals surface area (Å²) in [6.07, 6.45) is 0. The van der Waals surface area contributed by atoms with Gasteiger partial charge in [-0.1, -0.05) is 18.3 Å². The topological polar surface area (TPSA) is 105 Å². The van der Waals surface area contributed by atoms with Crippen molar-refractivity contribution in [3.05, 3.63) is 24.3 Å². The van der Waals surface area contributed by atoms with Crippen LogP contribution in [0.4, 0.5) is 9.93 Å². The van der Waals surface area contributed by atoms with Crippen LogP contribution >= 0.6 is 11.3 Å². The van der Waals surface area contributed by atoms with E-state index in [0.29, 0.717) is 10.1 Å². The van der Waals surface area contributed by atoms with E-state index < -0.39 is 17.9 Å². The molecule has 0 saturated heterocycles. The monoisotopic (exact) mass is 350 g/mol. The predicted octanol–water partition coefficient (Wildman–Crippen LogP) is 2.40. The Morgan fingerprint density at radius 1 is 1.33 bits per heavy atom. The Labute approximate surface area is 143 Å². The highest BCUT2D eigenvalue weighted by atomic mass is 32.1. The lowest BCUT2D eigenvalue weighted by Crippen LogP contribution is -2.36. The zero-order chi connectivity index (χ0) is 17.7. The SMILES string of the molecule is COc1ccc(-c2nnc(NC(=O)N(C)CC(C)C(=O)O)s2)cc1. The van der Waals surface area contributed by atoms with E-state index in [9.17, 15) is 9.59 Å². The molecule has 1 heterocycles. The summed E-state index contributed by atoms with van der Waals surface area (Å²) < 4.78 is 5.10. The number of hydrogen-bond acceptors (Lipinski definition) is 6. The van der Waals surface area contributed by atoms with Gasteiger partial charge in [0.05, 0.1) is 13.0 Å². The summed E-state index contributed by atoms with van der Waals surface area (Å²) in [5.74, 6) is -0.858. The highest BCUT2D eigenvalue weighted by molar-refractivity contribution is 7.18. The maximum atomic E-state index is 12.0. The Kier molecular flexibility index (Phi) is 5.69. The maximum Gasteiger partial charge on any atom is 0.323 e. The molecule has 1 aromatic heterocycles. The number of aliphatic carboxylic acids is 1. The molecule has 128 valence electrons. The minimum absolute atomic E-state index is 0.102. The van der Waals surface area contributed by atoms with Gasteiger partial charge < -0.3 is 14.7 Å². The number of aromatic nitrogens is 2. The third-order valence-corrected chi connectivity index (χ3v) is 4.18. The van der Waals surface area contributed by atoms with Gasteiger partial charge in [-0.25, -0.2) is 4.79 Å². The van der Waals surface area contributed by atoms with Crippen LogP contribution in [0.15, 0.2) is 24.3 Å². The average Bonchev–Trinajstić information content (AvgIpc) is 3.03. The number of rotatable bonds is 6. The van der Waals surface area contributed by atoms with Crippen LogP contribution in [0, 0.1) is 5.92 Å². The molecule has 1 aromatic carbocycles. The molecule has 8 nitrogen and oxygen atoms in total. The van der Waals surface area contributed by atoms with E-state index in [1.54, 1.807) is 14.0 Å². The number of carbonyl (C=O) groups excluding carboxylic acids is 1. The molecule has 0 aliphatic carbocycles. The lowest BCUT2D eigenvalue weighted by atomic mass is 10.2. The van der Waals surface area contributed by atoms with Crippen molar-refractivity contribution in [2.24, 2.45) is 5.92 Å². The molecule has 2 amide bonds. The summed E-state index contributed by atoms with van der Waals surface area (Å²) in [6.45, 7) is 1.64. The molecule has 0 fully saturated rings. The van der Waals surface area contributed by atoms with Gasteiger partial charge in [-0.05, 0) is 24.3 Å². The van der Waals surface area contributed by atoms with E-state index in [1.165, 1.54) is 23.3 Å². The zero-order valence-corrected chi connectivity index (χ0v) is 14.3. The molecule has 2 aromatic rings. The molecule has 0 bridgehead atoms. The quantitative estimate of drug-likeness (QED) is 0.829. The van der Waals surface area contributed by atoms with Crippen LogP contribution in [0.3, 0.4) is 0 Å². The number of carboxylic acid groups (broad SMARTS) is 1. The van der Waals surface area contributed by atoms with Crippen LogP contribution in [0.2, 0.25) is 0 Å². The van der Waals surface area contributed by atoms with Crippen molar-refractivity contribution in [2.75, 3.05) is 26.0 Å². The number of benzene rings is 1. The van der Waals surface area contributed by atoms with Gasteiger partial charge in [-0.2, -0.15) is 0 Å². The smallest absolute Gasteiger partial charge is 0.323 e. The summed E-state index contributed by atoms with van der Waals surface area (Å²) in [4.78, 5) is 24.2. The highest BCUT2D eigenvalue weighted by Crippen LogP contribution is 2.27. The van der Waals surface area contributed by atoms with E-state index in [2.05, 4.69) is 15.5 Å². The zero-order valence-electron chi connectivity index (χ0n) is 13.5. The largest absolute Gasteiger partial charge is 0.497 e. The number of urea groups is 1. The van der Waals surface area contributed by atoms with Crippen LogP contribution < -0.4 is 10.1 Å². The van der Waals surface area contributed by atoms with Gasteiger partial charge in [-0.3, -0.25) is 10.1 Å². The van der Waals surface area contributed by atoms with Gasteiger partial charge in [0.25, 0.3) is 0 Å². The van der Waals surface area contributed by atoms with Crippen molar-refractivity contribution in [3.63, 3.8) is 0 Å². The van der Waals surface area contributed by atoms with Gasteiger partial charge in [-0.15, -0.1) is 10.2 Å². The van der Waals surface area contributed by atoms with Crippen molar-refractivity contribution in [1.82, 2.24) is 15.1 Å². The number of amides is 2. The number of carboxylic acids is 1. The first-order valence-electron chi connectivity index (χ1n) is 7.13. The molecule has 2 rings (SSSR count). The van der Waals surface area contributed by atoms with Crippen LogP contribution in [0.25, 0.3) is 10.6 Å². The lowest BCUT2D eigenvalue weighted by Gasteiger charge is -2.18. The standard InChI is InChI=1S/C15H18N4O4S/c1-9(13(20)21)8-19(2)15(22)16-14-18-17-12(24-14)10-4-6-11(23-3)7-5-10/h4-7,9H,8H2,1-3H3,(H,20,21)(H,16,18,22). The normalized spacial score (nSPS) is 11.6. The second-order valence-corrected chi connectivity index (χ2v) is 6.17. The van der Waals surface area contributed by atoms with Crippen molar-refractivity contribution in [2.45, 2.75) is 6.92 Å². The number of ether oxygens (including phenoxy) is 1. The molecule has 2 N–H and O–H groups in total. The number of methoxy groups -OCH3 is 1. The van der Waals surface area contributed by atoms with E-state index in [0.717, 1.165) is 11.3 Å². The van der Waals surface area contributed by atoms with E-state index in [4.69, 9.17) is 9.84 Å². The number of hydrogen-bond donors (Lipinski definition) is 2. The van der Waals surface area contributed by atoms with Crippen molar-refractivity contribution >= 4 is 28.5 Å². The Morgan fingerprint density at radius 2 is 2.00 bits per heavy atom. The molecule has 0 saturated carbocycles. The molecule has 0 aliphatic heterocycles.